The molecule has 1 N–H and O–H groups in total. The molecule has 1 heterocycles. The van der Waals surface area contributed by atoms with E-state index < -0.39 is 0 Å². The molecule has 0 amide bonds. The van der Waals surface area contributed by atoms with Crippen molar-refractivity contribution < 1.29 is 5.11 Å². The second-order valence-corrected chi connectivity index (χ2v) is 4.53. The highest BCUT2D eigenvalue weighted by atomic mass is 16.3. The van der Waals surface area contributed by atoms with Crippen LogP contribution in [0.3, 0.4) is 0 Å². The molecule has 1 unspecified atom stereocenters. The van der Waals surface area contributed by atoms with Gasteiger partial charge in [-0.05, 0) is 25.3 Å². The molecule has 1 aliphatic heterocycles. The van der Waals surface area contributed by atoms with E-state index in [-0.39, 0.29) is 6.10 Å². The van der Waals surface area contributed by atoms with Gasteiger partial charge in [0, 0.05) is 23.8 Å². The number of anilines is 1. The van der Waals surface area contributed by atoms with Gasteiger partial charge in [-0.2, -0.15) is 0 Å². The number of aliphatic hydroxyl groups excluding tert-OH is 1. The second-order valence-electron chi connectivity index (χ2n) is 4.53. The van der Waals surface area contributed by atoms with Crippen LogP contribution in [0.1, 0.15) is 44.8 Å². The van der Waals surface area contributed by atoms with Gasteiger partial charge in [0.2, 0.25) is 0 Å². The van der Waals surface area contributed by atoms with Gasteiger partial charge in [0.1, 0.15) is 0 Å². The van der Waals surface area contributed by atoms with E-state index in [9.17, 15) is 5.11 Å². The monoisotopic (exact) mass is 219 g/mol. The van der Waals surface area contributed by atoms with Crippen molar-refractivity contribution in [2.75, 3.05) is 11.4 Å². The van der Waals surface area contributed by atoms with Crippen molar-refractivity contribution in [1.29, 1.82) is 0 Å². The summed E-state index contributed by atoms with van der Waals surface area (Å²) in [7, 11) is 0. The summed E-state index contributed by atoms with van der Waals surface area (Å²) in [6.45, 7) is 5.45. The molecule has 0 radical (unpaired) electrons. The zero-order valence-corrected chi connectivity index (χ0v) is 10.2. The van der Waals surface area contributed by atoms with Crippen LogP contribution < -0.4 is 4.90 Å². The minimum absolute atomic E-state index is 0.276. The van der Waals surface area contributed by atoms with Crippen LogP contribution in [0.15, 0.2) is 24.3 Å². The molecular formula is C14H21NO. The van der Waals surface area contributed by atoms with E-state index in [1.807, 2.05) is 6.07 Å². The lowest BCUT2D eigenvalue weighted by Crippen LogP contribution is -2.39. The Kier molecular flexibility index (Phi) is 3.49. The standard InChI is InChI=1S/C14H21NO/c1-3-11(4-2)15-10-9-14(16)12-7-5-6-8-13(12)15/h5-8,11,14,16H,3-4,9-10H2,1-2H3. The summed E-state index contributed by atoms with van der Waals surface area (Å²) < 4.78 is 0. The van der Waals surface area contributed by atoms with Crippen LogP contribution in [-0.4, -0.2) is 17.7 Å². The van der Waals surface area contributed by atoms with E-state index >= 15 is 0 Å². The predicted octanol–water partition coefficient (Wildman–Crippen LogP) is 3.12. The molecule has 2 rings (SSSR count). The summed E-state index contributed by atoms with van der Waals surface area (Å²) in [5.41, 5.74) is 2.33. The fourth-order valence-electron chi connectivity index (χ4n) is 2.68. The van der Waals surface area contributed by atoms with E-state index in [0.29, 0.717) is 6.04 Å². The molecule has 0 spiro atoms. The third-order valence-electron chi connectivity index (χ3n) is 3.63. The topological polar surface area (TPSA) is 23.5 Å². The van der Waals surface area contributed by atoms with E-state index in [1.165, 1.54) is 18.5 Å². The molecular weight excluding hydrogens is 198 g/mol. The van der Waals surface area contributed by atoms with Crippen molar-refractivity contribution in [1.82, 2.24) is 0 Å². The summed E-state index contributed by atoms with van der Waals surface area (Å²) >= 11 is 0. The van der Waals surface area contributed by atoms with Crippen LogP contribution in [0.5, 0.6) is 0 Å². The van der Waals surface area contributed by atoms with Gasteiger partial charge in [0.05, 0.1) is 6.10 Å². The molecule has 0 aromatic heterocycles. The first kappa shape index (κ1) is 11.5. The van der Waals surface area contributed by atoms with Crippen molar-refractivity contribution in [3.63, 3.8) is 0 Å². The molecule has 0 aliphatic carbocycles. The van der Waals surface area contributed by atoms with Gasteiger partial charge in [-0.15, -0.1) is 0 Å². The Morgan fingerprint density at radius 2 is 2.00 bits per heavy atom. The number of hydrogen-bond donors (Lipinski definition) is 1. The van der Waals surface area contributed by atoms with E-state index in [2.05, 4.69) is 36.9 Å². The Hall–Kier alpha value is -1.02. The zero-order valence-electron chi connectivity index (χ0n) is 10.2. The Balaban J connectivity index is 2.34. The first-order valence-electron chi connectivity index (χ1n) is 6.31. The van der Waals surface area contributed by atoms with Crippen molar-refractivity contribution in [3.05, 3.63) is 29.8 Å². The lowest BCUT2D eigenvalue weighted by Gasteiger charge is -2.39. The highest BCUT2D eigenvalue weighted by Gasteiger charge is 2.26. The SMILES string of the molecule is CCC(CC)N1CCC(O)c2ccccc21. The lowest BCUT2D eigenvalue weighted by molar-refractivity contribution is 0.162. The van der Waals surface area contributed by atoms with E-state index in [1.54, 1.807) is 0 Å². The molecule has 16 heavy (non-hydrogen) atoms. The van der Waals surface area contributed by atoms with E-state index in [4.69, 9.17) is 0 Å². The molecule has 0 saturated heterocycles. The minimum Gasteiger partial charge on any atom is -0.388 e. The second kappa shape index (κ2) is 4.88. The molecule has 0 bridgehead atoms. The molecule has 1 atom stereocenters. The Labute approximate surface area is 97.9 Å². The summed E-state index contributed by atoms with van der Waals surface area (Å²) in [4.78, 5) is 2.46. The maximum absolute atomic E-state index is 9.98. The van der Waals surface area contributed by atoms with Crippen molar-refractivity contribution in [3.8, 4) is 0 Å². The number of hydrogen-bond acceptors (Lipinski definition) is 2. The van der Waals surface area contributed by atoms with Crippen LogP contribution in [0.25, 0.3) is 0 Å². The van der Waals surface area contributed by atoms with E-state index in [0.717, 1.165) is 18.5 Å². The van der Waals surface area contributed by atoms with Crippen LogP contribution in [0, 0.1) is 0 Å². The molecule has 1 aromatic rings. The van der Waals surface area contributed by atoms with Gasteiger partial charge in [-0.25, -0.2) is 0 Å². The third kappa shape index (κ3) is 1.94. The normalized spacial score (nSPS) is 20.0. The Morgan fingerprint density at radius 1 is 1.31 bits per heavy atom. The molecule has 88 valence electrons. The van der Waals surface area contributed by atoms with Gasteiger partial charge in [0.15, 0.2) is 0 Å². The number of nitrogens with zero attached hydrogens (tertiary/aromatic N) is 1. The maximum atomic E-state index is 9.98. The molecule has 2 nitrogen and oxygen atoms in total. The molecule has 1 aromatic carbocycles. The van der Waals surface area contributed by atoms with Crippen molar-refractivity contribution >= 4 is 5.69 Å². The van der Waals surface area contributed by atoms with Crippen LogP contribution >= 0.6 is 0 Å². The zero-order chi connectivity index (χ0) is 11.5. The fraction of sp³-hybridized carbons (Fsp3) is 0.571. The van der Waals surface area contributed by atoms with Crippen LogP contribution in [0.4, 0.5) is 5.69 Å². The minimum atomic E-state index is -0.276. The quantitative estimate of drug-likeness (QED) is 0.844. The van der Waals surface area contributed by atoms with Crippen molar-refractivity contribution in [2.45, 2.75) is 45.3 Å². The number of rotatable bonds is 3. The first-order valence-corrected chi connectivity index (χ1v) is 6.31. The van der Waals surface area contributed by atoms with Crippen LogP contribution in [-0.2, 0) is 0 Å². The largest absolute Gasteiger partial charge is 0.388 e. The number of aliphatic hydroxyl groups is 1. The van der Waals surface area contributed by atoms with Gasteiger partial charge >= 0.3 is 0 Å². The molecule has 2 heteroatoms. The summed E-state index contributed by atoms with van der Waals surface area (Å²) in [6.07, 6.45) is 2.91. The molecule has 0 fully saturated rings. The maximum Gasteiger partial charge on any atom is 0.0826 e. The van der Waals surface area contributed by atoms with Gasteiger partial charge in [-0.3, -0.25) is 0 Å². The van der Waals surface area contributed by atoms with Gasteiger partial charge in [-0.1, -0.05) is 32.0 Å². The highest BCUT2D eigenvalue weighted by Crippen LogP contribution is 2.35. The fourth-order valence-corrected chi connectivity index (χ4v) is 2.68. The Morgan fingerprint density at radius 3 is 2.69 bits per heavy atom. The number of benzene rings is 1. The van der Waals surface area contributed by atoms with Crippen LogP contribution in [0.2, 0.25) is 0 Å². The predicted molar refractivity (Wildman–Crippen MR) is 67.7 cm³/mol. The summed E-state index contributed by atoms with van der Waals surface area (Å²) in [5, 5.41) is 9.98. The summed E-state index contributed by atoms with van der Waals surface area (Å²) in [5.74, 6) is 0. The van der Waals surface area contributed by atoms with Crippen molar-refractivity contribution in [2.24, 2.45) is 0 Å². The number of para-hydroxylation sites is 1. The average Bonchev–Trinajstić information content (AvgIpc) is 2.34. The average molecular weight is 219 g/mol. The molecule has 1 aliphatic rings. The van der Waals surface area contributed by atoms with Gasteiger partial charge < -0.3 is 10.0 Å². The van der Waals surface area contributed by atoms with Gasteiger partial charge in [0.25, 0.3) is 0 Å². The highest BCUT2D eigenvalue weighted by molar-refractivity contribution is 5.57. The lowest BCUT2D eigenvalue weighted by atomic mass is 9.96. The smallest absolute Gasteiger partial charge is 0.0826 e. The third-order valence-corrected chi connectivity index (χ3v) is 3.63. The Bertz CT molecular complexity index is 346. The first-order chi connectivity index (χ1) is 7.77. The summed E-state index contributed by atoms with van der Waals surface area (Å²) in [6, 6.07) is 8.86. The number of fused-ring (bicyclic) bond motifs is 1. The molecule has 0 saturated carbocycles.